The number of ether oxygens (including phenoxy) is 1. The highest BCUT2D eigenvalue weighted by molar-refractivity contribution is 7.98. The fourth-order valence-electron chi connectivity index (χ4n) is 3.55. The Morgan fingerprint density at radius 3 is 2.67 bits per heavy atom. The van der Waals surface area contributed by atoms with Gasteiger partial charge in [-0.2, -0.15) is 0 Å². The average Bonchev–Trinajstić information content (AvgIpc) is 3.33. The number of nitrogens with one attached hydrogen (secondary N) is 1. The van der Waals surface area contributed by atoms with Crippen molar-refractivity contribution >= 4 is 29.0 Å². The summed E-state index contributed by atoms with van der Waals surface area (Å²) in [7, 11) is 0. The minimum absolute atomic E-state index is 0.0365. The van der Waals surface area contributed by atoms with Crippen LogP contribution in [0.15, 0.2) is 70.4 Å². The quantitative estimate of drug-likeness (QED) is 0.532. The van der Waals surface area contributed by atoms with Gasteiger partial charge >= 0.3 is 0 Å². The number of rotatable bonds is 8. The number of aromatic nitrogens is 1. The van der Waals surface area contributed by atoms with Gasteiger partial charge < -0.3 is 10.1 Å². The number of hydrogen-bond donors (Lipinski definition) is 1. The molecule has 4 rings (SSSR count). The zero-order valence-corrected chi connectivity index (χ0v) is 18.3. The van der Waals surface area contributed by atoms with E-state index < -0.39 is 0 Å². The number of benzene rings is 2. The average molecular weight is 440 g/mol. The first-order valence-electron chi connectivity index (χ1n) is 10.0. The van der Waals surface area contributed by atoms with Crippen molar-refractivity contribution in [3.05, 3.63) is 82.3 Å². The molecule has 0 spiro atoms. The number of carbonyl (C=O) groups is 1. The van der Waals surface area contributed by atoms with Crippen molar-refractivity contribution in [3.63, 3.8) is 0 Å². The topological polar surface area (TPSA) is 54.5 Å². The Hall–Kier alpha value is -2.19. The van der Waals surface area contributed by atoms with E-state index in [1.165, 1.54) is 5.56 Å². The summed E-state index contributed by atoms with van der Waals surface area (Å²) in [4.78, 5) is 20.8. The fourth-order valence-corrected chi connectivity index (χ4v) is 5.16. The number of carbonyl (C=O) groups excluding carboxylic acids is 1. The lowest BCUT2D eigenvalue weighted by atomic mass is 10.0. The highest BCUT2D eigenvalue weighted by Gasteiger charge is 2.23. The Bertz CT molecular complexity index is 929. The van der Waals surface area contributed by atoms with Gasteiger partial charge in [0, 0.05) is 35.7 Å². The molecule has 5 nitrogen and oxygen atoms in total. The first-order valence-corrected chi connectivity index (χ1v) is 12.0. The van der Waals surface area contributed by atoms with Gasteiger partial charge in [-0.1, -0.05) is 42.5 Å². The van der Waals surface area contributed by atoms with E-state index in [4.69, 9.17) is 4.74 Å². The van der Waals surface area contributed by atoms with E-state index in [0.717, 1.165) is 42.6 Å². The standard InChI is InChI=1S/C23H25N3O2S2/c27-23(20-8-4-5-9-22(20)30-16-19-15-29-17-25-19)24-14-21(18-6-2-1-3-7-18)26-10-12-28-13-11-26/h1-9,15,17,21H,10-14,16H2,(H,24,27). The maximum Gasteiger partial charge on any atom is 0.252 e. The van der Waals surface area contributed by atoms with Crippen molar-refractivity contribution in [1.29, 1.82) is 0 Å². The third kappa shape index (κ3) is 5.49. The van der Waals surface area contributed by atoms with E-state index in [1.807, 2.05) is 41.2 Å². The summed E-state index contributed by atoms with van der Waals surface area (Å²) in [5.41, 5.74) is 4.80. The van der Waals surface area contributed by atoms with E-state index in [9.17, 15) is 4.79 Å². The molecule has 1 unspecified atom stereocenters. The van der Waals surface area contributed by atoms with Crippen molar-refractivity contribution in [1.82, 2.24) is 15.2 Å². The summed E-state index contributed by atoms with van der Waals surface area (Å²) in [6, 6.07) is 18.3. The number of amides is 1. The monoisotopic (exact) mass is 439 g/mol. The van der Waals surface area contributed by atoms with Gasteiger partial charge in [-0.3, -0.25) is 9.69 Å². The number of morpholine rings is 1. The SMILES string of the molecule is O=C(NCC(c1ccccc1)N1CCOCC1)c1ccccc1SCc1cscn1. The Labute approximate surface area is 185 Å². The van der Waals surface area contributed by atoms with Crippen molar-refractivity contribution < 1.29 is 9.53 Å². The van der Waals surface area contributed by atoms with Gasteiger partial charge in [0.05, 0.1) is 36.0 Å². The van der Waals surface area contributed by atoms with Crippen LogP contribution in [0.4, 0.5) is 0 Å². The van der Waals surface area contributed by atoms with Crippen LogP contribution in [0.2, 0.25) is 0 Å². The maximum absolute atomic E-state index is 13.1. The fraction of sp³-hybridized carbons (Fsp3) is 0.304. The molecule has 1 aliphatic rings. The second-order valence-electron chi connectivity index (χ2n) is 7.05. The molecule has 1 amide bonds. The molecule has 7 heteroatoms. The molecule has 2 heterocycles. The molecule has 1 N–H and O–H groups in total. The molecule has 2 aromatic carbocycles. The normalized spacial score (nSPS) is 15.6. The van der Waals surface area contributed by atoms with Crippen LogP contribution in [0.5, 0.6) is 0 Å². The van der Waals surface area contributed by atoms with Gasteiger partial charge in [0.15, 0.2) is 0 Å². The van der Waals surface area contributed by atoms with Crippen LogP contribution in [0, 0.1) is 0 Å². The molecule has 1 aromatic heterocycles. The maximum atomic E-state index is 13.1. The van der Waals surface area contributed by atoms with Crippen LogP contribution < -0.4 is 5.32 Å². The molecule has 1 atom stereocenters. The summed E-state index contributed by atoms with van der Waals surface area (Å²) in [6.07, 6.45) is 0. The van der Waals surface area contributed by atoms with Crippen LogP contribution in [0.1, 0.15) is 27.7 Å². The van der Waals surface area contributed by atoms with Gasteiger partial charge in [-0.05, 0) is 17.7 Å². The zero-order valence-electron chi connectivity index (χ0n) is 16.7. The predicted molar refractivity (Wildman–Crippen MR) is 122 cm³/mol. The van der Waals surface area contributed by atoms with E-state index in [0.29, 0.717) is 12.1 Å². The summed E-state index contributed by atoms with van der Waals surface area (Å²) < 4.78 is 5.52. The summed E-state index contributed by atoms with van der Waals surface area (Å²) in [6.45, 7) is 3.76. The van der Waals surface area contributed by atoms with Crippen molar-refractivity contribution in [2.45, 2.75) is 16.7 Å². The molecule has 0 radical (unpaired) electrons. The predicted octanol–water partition coefficient (Wildman–Crippen LogP) is 4.24. The van der Waals surface area contributed by atoms with Crippen LogP contribution in [0.3, 0.4) is 0 Å². The summed E-state index contributed by atoms with van der Waals surface area (Å²) >= 11 is 3.24. The van der Waals surface area contributed by atoms with Crippen molar-refractivity contribution in [3.8, 4) is 0 Å². The van der Waals surface area contributed by atoms with Gasteiger partial charge in [0.25, 0.3) is 5.91 Å². The lowest BCUT2D eigenvalue weighted by Crippen LogP contribution is -2.43. The van der Waals surface area contributed by atoms with Crippen LogP contribution in [-0.4, -0.2) is 48.6 Å². The molecule has 3 aromatic rings. The number of thioether (sulfide) groups is 1. The van der Waals surface area contributed by atoms with Crippen LogP contribution in [0.25, 0.3) is 0 Å². The first kappa shape index (κ1) is 21.1. The molecule has 156 valence electrons. The third-order valence-corrected chi connectivity index (χ3v) is 6.86. The first-order chi connectivity index (χ1) is 14.8. The lowest BCUT2D eigenvalue weighted by molar-refractivity contribution is 0.0162. The van der Waals surface area contributed by atoms with Gasteiger partial charge in [-0.15, -0.1) is 23.1 Å². The Balaban J connectivity index is 1.44. The smallest absolute Gasteiger partial charge is 0.252 e. The number of hydrogen-bond acceptors (Lipinski definition) is 6. The van der Waals surface area contributed by atoms with E-state index in [1.54, 1.807) is 23.1 Å². The molecule has 0 saturated carbocycles. The Morgan fingerprint density at radius 2 is 1.90 bits per heavy atom. The largest absolute Gasteiger partial charge is 0.379 e. The Kier molecular flexibility index (Phi) is 7.53. The molecule has 0 aliphatic carbocycles. The molecule has 0 bridgehead atoms. The minimum Gasteiger partial charge on any atom is -0.379 e. The molecule has 30 heavy (non-hydrogen) atoms. The molecule has 1 saturated heterocycles. The second kappa shape index (κ2) is 10.7. The highest BCUT2D eigenvalue weighted by atomic mass is 32.2. The summed E-state index contributed by atoms with van der Waals surface area (Å²) in [5.74, 6) is 0.722. The summed E-state index contributed by atoms with van der Waals surface area (Å²) in [5, 5.41) is 5.22. The number of thiazole rings is 1. The van der Waals surface area contributed by atoms with Crippen molar-refractivity contribution in [2.24, 2.45) is 0 Å². The molecular weight excluding hydrogens is 414 g/mol. The minimum atomic E-state index is -0.0365. The molecular formula is C23H25N3O2S2. The second-order valence-corrected chi connectivity index (χ2v) is 8.79. The van der Waals surface area contributed by atoms with Gasteiger partial charge in [0.1, 0.15) is 0 Å². The van der Waals surface area contributed by atoms with E-state index >= 15 is 0 Å². The van der Waals surface area contributed by atoms with E-state index in [2.05, 4.69) is 39.5 Å². The van der Waals surface area contributed by atoms with Crippen molar-refractivity contribution in [2.75, 3.05) is 32.8 Å². The van der Waals surface area contributed by atoms with Crippen LogP contribution >= 0.6 is 23.1 Å². The Morgan fingerprint density at radius 1 is 1.13 bits per heavy atom. The molecule has 1 fully saturated rings. The van der Waals surface area contributed by atoms with E-state index in [-0.39, 0.29) is 11.9 Å². The zero-order chi connectivity index (χ0) is 20.6. The molecule has 1 aliphatic heterocycles. The number of nitrogens with zero attached hydrogens (tertiary/aromatic N) is 2. The lowest BCUT2D eigenvalue weighted by Gasteiger charge is -2.35. The van der Waals surface area contributed by atoms with Gasteiger partial charge in [0.2, 0.25) is 0 Å². The van der Waals surface area contributed by atoms with Gasteiger partial charge in [-0.25, -0.2) is 4.98 Å². The van der Waals surface area contributed by atoms with Crippen LogP contribution in [-0.2, 0) is 10.5 Å². The third-order valence-electron chi connectivity index (χ3n) is 5.12. The highest BCUT2D eigenvalue weighted by Crippen LogP contribution is 2.27.